The Hall–Kier alpha value is -1.39. The van der Waals surface area contributed by atoms with E-state index in [-0.39, 0.29) is 11.5 Å². The van der Waals surface area contributed by atoms with Crippen LogP contribution in [-0.2, 0) is 17.7 Å². The van der Waals surface area contributed by atoms with Crippen LogP contribution >= 0.6 is 0 Å². The minimum atomic E-state index is -0.246. The van der Waals surface area contributed by atoms with Crippen LogP contribution in [0.1, 0.15) is 35.3 Å². The van der Waals surface area contributed by atoms with E-state index in [4.69, 9.17) is 4.74 Å². The maximum atomic E-state index is 12.8. The van der Waals surface area contributed by atoms with E-state index in [2.05, 4.69) is 11.4 Å². The molecule has 2 aliphatic rings. The summed E-state index contributed by atoms with van der Waals surface area (Å²) in [5, 5.41) is 3.35. The lowest BCUT2D eigenvalue weighted by Crippen LogP contribution is -2.50. The number of amides is 1. The molecule has 20 heavy (non-hydrogen) atoms. The monoisotopic (exact) mass is 274 g/mol. The van der Waals surface area contributed by atoms with Gasteiger partial charge in [0.25, 0.3) is 5.91 Å². The van der Waals surface area contributed by atoms with Gasteiger partial charge in [-0.15, -0.1) is 0 Å². The molecular formula is C16H22N2O2. The van der Waals surface area contributed by atoms with Gasteiger partial charge in [0.15, 0.2) is 0 Å². The van der Waals surface area contributed by atoms with Crippen molar-refractivity contribution in [2.75, 3.05) is 26.2 Å². The number of hydrogen-bond donors (Lipinski definition) is 1. The standard InChI is InChI=1S/C16H22N2O2/c1-16(2)11-18(8-9-20-16)15(19)14-5-3-4-12-10-17-7-6-13(12)14/h3-5,17H,6-11H2,1-2H3. The molecule has 3 rings (SSSR count). The number of benzene rings is 1. The van der Waals surface area contributed by atoms with Crippen molar-refractivity contribution in [3.63, 3.8) is 0 Å². The largest absolute Gasteiger partial charge is 0.372 e. The van der Waals surface area contributed by atoms with E-state index in [0.29, 0.717) is 19.7 Å². The summed E-state index contributed by atoms with van der Waals surface area (Å²) in [6.45, 7) is 7.86. The second kappa shape index (κ2) is 5.19. The molecule has 1 fully saturated rings. The maximum Gasteiger partial charge on any atom is 0.254 e. The zero-order valence-corrected chi connectivity index (χ0v) is 12.2. The van der Waals surface area contributed by atoms with Crippen molar-refractivity contribution in [1.82, 2.24) is 10.2 Å². The summed E-state index contributed by atoms with van der Waals surface area (Å²) in [7, 11) is 0. The number of nitrogens with zero attached hydrogens (tertiary/aromatic N) is 1. The van der Waals surface area contributed by atoms with Gasteiger partial charge in [-0.2, -0.15) is 0 Å². The van der Waals surface area contributed by atoms with Gasteiger partial charge in [-0.1, -0.05) is 12.1 Å². The van der Waals surface area contributed by atoms with Crippen molar-refractivity contribution >= 4 is 5.91 Å². The van der Waals surface area contributed by atoms with Crippen LogP contribution in [-0.4, -0.2) is 42.6 Å². The van der Waals surface area contributed by atoms with Gasteiger partial charge in [-0.05, 0) is 44.0 Å². The second-order valence-electron chi connectivity index (χ2n) is 6.20. The highest BCUT2D eigenvalue weighted by Gasteiger charge is 2.31. The molecule has 1 amide bonds. The van der Waals surface area contributed by atoms with Crippen molar-refractivity contribution in [1.29, 1.82) is 0 Å². The molecular weight excluding hydrogens is 252 g/mol. The van der Waals surface area contributed by atoms with Gasteiger partial charge in [-0.25, -0.2) is 0 Å². The molecule has 0 saturated carbocycles. The van der Waals surface area contributed by atoms with Crippen LogP contribution in [0.2, 0.25) is 0 Å². The molecule has 0 aromatic heterocycles. The Morgan fingerprint density at radius 2 is 2.25 bits per heavy atom. The summed E-state index contributed by atoms with van der Waals surface area (Å²) in [6, 6.07) is 6.07. The summed E-state index contributed by atoms with van der Waals surface area (Å²) in [6.07, 6.45) is 0.935. The van der Waals surface area contributed by atoms with E-state index >= 15 is 0 Å². The van der Waals surface area contributed by atoms with Gasteiger partial charge >= 0.3 is 0 Å². The van der Waals surface area contributed by atoms with Crippen LogP contribution < -0.4 is 5.32 Å². The summed E-state index contributed by atoms with van der Waals surface area (Å²) in [5.41, 5.74) is 3.11. The molecule has 0 radical (unpaired) electrons. The van der Waals surface area contributed by atoms with Crippen LogP contribution in [0, 0.1) is 0 Å². The van der Waals surface area contributed by atoms with Gasteiger partial charge < -0.3 is 15.0 Å². The van der Waals surface area contributed by atoms with Gasteiger partial charge in [0, 0.05) is 25.2 Å². The first-order valence-corrected chi connectivity index (χ1v) is 7.31. The predicted octanol–water partition coefficient (Wildman–Crippen LogP) is 1.58. The molecule has 0 atom stereocenters. The fraction of sp³-hybridized carbons (Fsp3) is 0.562. The lowest BCUT2D eigenvalue weighted by Gasteiger charge is -2.38. The van der Waals surface area contributed by atoms with E-state index in [1.54, 1.807) is 0 Å². The van der Waals surface area contributed by atoms with Crippen LogP contribution in [0.4, 0.5) is 0 Å². The molecule has 108 valence electrons. The maximum absolute atomic E-state index is 12.8. The normalized spacial score (nSPS) is 21.4. The Labute approximate surface area is 120 Å². The van der Waals surface area contributed by atoms with Crippen molar-refractivity contribution in [2.24, 2.45) is 0 Å². The van der Waals surface area contributed by atoms with E-state index in [0.717, 1.165) is 25.1 Å². The highest BCUT2D eigenvalue weighted by molar-refractivity contribution is 5.96. The van der Waals surface area contributed by atoms with Crippen molar-refractivity contribution in [2.45, 2.75) is 32.4 Å². The summed E-state index contributed by atoms with van der Waals surface area (Å²) in [5.74, 6) is 0.153. The summed E-state index contributed by atoms with van der Waals surface area (Å²) >= 11 is 0. The van der Waals surface area contributed by atoms with Gasteiger partial charge in [0.2, 0.25) is 0 Å². The van der Waals surface area contributed by atoms with Crippen LogP contribution in [0.5, 0.6) is 0 Å². The zero-order chi connectivity index (χ0) is 14.2. The molecule has 1 saturated heterocycles. The molecule has 2 aliphatic heterocycles. The van der Waals surface area contributed by atoms with E-state index in [1.807, 2.05) is 30.9 Å². The molecule has 0 bridgehead atoms. The smallest absolute Gasteiger partial charge is 0.254 e. The Morgan fingerprint density at radius 1 is 1.40 bits per heavy atom. The van der Waals surface area contributed by atoms with Gasteiger partial charge in [-0.3, -0.25) is 4.79 Å². The molecule has 4 heteroatoms. The number of ether oxygens (including phenoxy) is 1. The van der Waals surface area contributed by atoms with Gasteiger partial charge in [0.1, 0.15) is 0 Å². The van der Waals surface area contributed by atoms with E-state index < -0.39 is 0 Å². The van der Waals surface area contributed by atoms with Crippen LogP contribution in [0.3, 0.4) is 0 Å². The minimum absolute atomic E-state index is 0.153. The molecule has 4 nitrogen and oxygen atoms in total. The third-order valence-electron chi connectivity index (χ3n) is 4.08. The Morgan fingerprint density at radius 3 is 3.05 bits per heavy atom. The third kappa shape index (κ3) is 2.58. The van der Waals surface area contributed by atoms with Crippen molar-refractivity contribution in [3.05, 3.63) is 34.9 Å². The molecule has 0 spiro atoms. The summed E-state index contributed by atoms with van der Waals surface area (Å²) < 4.78 is 5.69. The first-order chi connectivity index (χ1) is 9.57. The predicted molar refractivity (Wildman–Crippen MR) is 77.8 cm³/mol. The quantitative estimate of drug-likeness (QED) is 0.845. The number of fused-ring (bicyclic) bond motifs is 1. The fourth-order valence-electron chi connectivity index (χ4n) is 3.09. The number of carbonyl (C=O) groups is 1. The first-order valence-electron chi connectivity index (χ1n) is 7.31. The average Bonchev–Trinajstić information content (AvgIpc) is 2.45. The number of morpholine rings is 1. The Bertz CT molecular complexity index is 525. The van der Waals surface area contributed by atoms with Crippen molar-refractivity contribution in [3.8, 4) is 0 Å². The molecule has 0 unspecified atom stereocenters. The zero-order valence-electron chi connectivity index (χ0n) is 12.2. The summed E-state index contributed by atoms with van der Waals surface area (Å²) in [4.78, 5) is 14.7. The van der Waals surface area contributed by atoms with E-state index in [1.165, 1.54) is 11.1 Å². The van der Waals surface area contributed by atoms with Crippen LogP contribution in [0.25, 0.3) is 0 Å². The van der Waals surface area contributed by atoms with Gasteiger partial charge in [0.05, 0.1) is 12.2 Å². The highest BCUT2D eigenvalue weighted by atomic mass is 16.5. The first kappa shape index (κ1) is 13.6. The SMILES string of the molecule is CC1(C)CN(C(=O)c2cccc3c2CCNC3)CCO1. The lowest BCUT2D eigenvalue weighted by molar-refractivity contribution is -0.0764. The number of hydrogen-bond acceptors (Lipinski definition) is 3. The molecule has 0 aliphatic carbocycles. The van der Waals surface area contributed by atoms with Crippen molar-refractivity contribution < 1.29 is 9.53 Å². The molecule has 1 aromatic carbocycles. The average molecular weight is 274 g/mol. The molecule has 1 aromatic rings. The Balaban J connectivity index is 1.87. The Kier molecular flexibility index (Phi) is 3.52. The lowest BCUT2D eigenvalue weighted by atomic mass is 9.94. The number of rotatable bonds is 1. The minimum Gasteiger partial charge on any atom is -0.372 e. The molecule has 1 N–H and O–H groups in total. The topological polar surface area (TPSA) is 41.6 Å². The number of carbonyl (C=O) groups excluding carboxylic acids is 1. The van der Waals surface area contributed by atoms with Crippen LogP contribution in [0.15, 0.2) is 18.2 Å². The molecule has 2 heterocycles. The third-order valence-corrected chi connectivity index (χ3v) is 4.08. The number of nitrogens with one attached hydrogen (secondary N) is 1. The fourth-order valence-corrected chi connectivity index (χ4v) is 3.09. The highest BCUT2D eigenvalue weighted by Crippen LogP contribution is 2.23. The second-order valence-corrected chi connectivity index (χ2v) is 6.20. The van der Waals surface area contributed by atoms with E-state index in [9.17, 15) is 4.79 Å².